The molecule has 11 nitrogen and oxygen atoms in total. The molecule has 3 aromatic rings. The summed E-state index contributed by atoms with van der Waals surface area (Å²) in [5.41, 5.74) is 4.40. The number of piperidine rings is 1. The molecule has 2 unspecified atom stereocenters. The van der Waals surface area contributed by atoms with E-state index in [1.165, 1.54) is 7.11 Å². The number of aliphatic carboxylic acids is 1. The van der Waals surface area contributed by atoms with Gasteiger partial charge in [-0.2, -0.15) is 0 Å². The molecule has 0 aliphatic carbocycles. The van der Waals surface area contributed by atoms with Crippen molar-refractivity contribution in [3.05, 3.63) is 83.4 Å². The van der Waals surface area contributed by atoms with Gasteiger partial charge < -0.3 is 35.0 Å². The van der Waals surface area contributed by atoms with E-state index in [0.717, 1.165) is 29.5 Å². The molecule has 2 heterocycles. The number of anilines is 3. The number of hydrogen-bond acceptors (Lipinski definition) is 6. The second-order valence-corrected chi connectivity index (χ2v) is 11.4. The summed E-state index contributed by atoms with van der Waals surface area (Å²) in [5, 5.41) is 15.0. The zero-order valence-electron chi connectivity index (χ0n) is 25.5. The lowest BCUT2D eigenvalue weighted by Crippen LogP contribution is -2.47. The maximum Gasteiger partial charge on any atom is 0.323 e. The van der Waals surface area contributed by atoms with Crippen molar-refractivity contribution in [3.63, 3.8) is 0 Å². The molecule has 5 rings (SSSR count). The summed E-state index contributed by atoms with van der Waals surface area (Å²) >= 11 is 0. The summed E-state index contributed by atoms with van der Waals surface area (Å²) in [4.78, 5) is 54.4. The summed E-state index contributed by atoms with van der Waals surface area (Å²) in [6, 6.07) is 19.8. The van der Waals surface area contributed by atoms with E-state index >= 15 is 0 Å². The molecule has 2 aliphatic rings. The molecular weight excluding hydrogens is 576 g/mol. The number of urea groups is 1. The van der Waals surface area contributed by atoms with Crippen LogP contribution in [0.15, 0.2) is 66.7 Å². The van der Waals surface area contributed by atoms with Crippen molar-refractivity contribution in [3.8, 4) is 5.75 Å². The summed E-state index contributed by atoms with van der Waals surface area (Å²) < 4.78 is 11.2. The van der Waals surface area contributed by atoms with Crippen molar-refractivity contribution in [2.75, 3.05) is 42.3 Å². The van der Waals surface area contributed by atoms with Crippen LogP contribution in [0, 0.1) is 12.8 Å². The monoisotopic (exact) mass is 614 g/mol. The van der Waals surface area contributed by atoms with Crippen LogP contribution in [0.25, 0.3) is 0 Å². The van der Waals surface area contributed by atoms with E-state index in [1.54, 1.807) is 23.1 Å². The van der Waals surface area contributed by atoms with E-state index in [1.807, 2.05) is 60.4 Å². The number of methoxy groups -OCH3 is 1. The number of ether oxygens (including phenoxy) is 2. The smallest absolute Gasteiger partial charge is 0.323 e. The molecule has 236 valence electrons. The van der Waals surface area contributed by atoms with E-state index in [-0.39, 0.29) is 30.8 Å². The van der Waals surface area contributed by atoms with Crippen molar-refractivity contribution in [1.82, 2.24) is 4.90 Å². The minimum Gasteiger partial charge on any atom is -0.495 e. The van der Waals surface area contributed by atoms with E-state index in [9.17, 15) is 24.3 Å². The summed E-state index contributed by atoms with van der Waals surface area (Å²) in [5.74, 6) is -1.07. The average molecular weight is 615 g/mol. The van der Waals surface area contributed by atoms with Crippen LogP contribution in [0.5, 0.6) is 5.75 Å². The van der Waals surface area contributed by atoms with Gasteiger partial charge in [0.05, 0.1) is 32.2 Å². The molecule has 3 aromatic carbocycles. The Morgan fingerprint density at radius 2 is 1.78 bits per heavy atom. The number of aryl methyl sites for hydroxylation is 1. The molecule has 4 amide bonds. The van der Waals surface area contributed by atoms with Crippen molar-refractivity contribution in [2.45, 2.75) is 45.3 Å². The first-order chi connectivity index (χ1) is 21.7. The Morgan fingerprint density at radius 1 is 1.02 bits per heavy atom. The van der Waals surface area contributed by atoms with Gasteiger partial charge in [-0.05, 0) is 61.1 Å². The molecule has 0 radical (unpaired) electrons. The van der Waals surface area contributed by atoms with Crippen LogP contribution in [0.1, 0.15) is 36.0 Å². The Bertz CT molecular complexity index is 1580. The van der Waals surface area contributed by atoms with Crippen LogP contribution in [-0.4, -0.2) is 66.7 Å². The first kappa shape index (κ1) is 31.5. The van der Waals surface area contributed by atoms with Gasteiger partial charge in [0.15, 0.2) is 0 Å². The first-order valence-electron chi connectivity index (χ1n) is 15.0. The molecule has 1 fully saturated rings. The maximum atomic E-state index is 13.5. The molecule has 0 aromatic heterocycles. The van der Waals surface area contributed by atoms with Gasteiger partial charge in [0.25, 0.3) is 5.91 Å². The Balaban J connectivity index is 1.22. The highest BCUT2D eigenvalue weighted by molar-refractivity contribution is 6.01. The largest absolute Gasteiger partial charge is 0.495 e. The van der Waals surface area contributed by atoms with Crippen molar-refractivity contribution in [2.24, 2.45) is 5.92 Å². The number of rotatable bonds is 9. The molecule has 0 spiro atoms. The van der Waals surface area contributed by atoms with Crippen LogP contribution >= 0.6 is 0 Å². The number of nitrogens with zero attached hydrogens (tertiary/aromatic N) is 2. The quantitative estimate of drug-likeness (QED) is 0.314. The number of carboxylic acid groups (broad SMARTS) is 1. The molecule has 2 aliphatic heterocycles. The van der Waals surface area contributed by atoms with Crippen LogP contribution in [0.2, 0.25) is 0 Å². The second-order valence-electron chi connectivity index (χ2n) is 11.4. The first-order valence-corrected chi connectivity index (χ1v) is 15.0. The minimum atomic E-state index is -1.10. The molecule has 3 N–H and O–H groups in total. The van der Waals surface area contributed by atoms with Gasteiger partial charge in [0, 0.05) is 36.6 Å². The van der Waals surface area contributed by atoms with Crippen molar-refractivity contribution >= 4 is 40.9 Å². The Hall–Kier alpha value is -4.90. The Kier molecular flexibility index (Phi) is 9.99. The van der Waals surface area contributed by atoms with Gasteiger partial charge in [-0.15, -0.1) is 0 Å². The molecule has 0 bridgehead atoms. The number of carbonyl (C=O) groups excluding carboxylic acids is 3. The topological polar surface area (TPSA) is 138 Å². The van der Waals surface area contributed by atoms with Crippen LogP contribution in [0.3, 0.4) is 0 Å². The fourth-order valence-corrected chi connectivity index (χ4v) is 5.87. The molecule has 1 saturated heterocycles. The number of amides is 4. The van der Waals surface area contributed by atoms with Gasteiger partial charge in [0.1, 0.15) is 11.9 Å². The second kappa shape index (κ2) is 14.3. The Labute approximate surface area is 262 Å². The average Bonchev–Trinajstić information content (AvgIpc) is 3.15. The van der Waals surface area contributed by atoms with Gasteiger partial charge in [-0.3, -0.25) is 14.4 Å². The van der Waals surface area contributed by atoms with E-state index in [0.29, 0.717) is 42.4 Å². The number of likely N-dealkylation sites (tertiary alicyclic amines) is 1. The SMILES string of the molecule is COc1cc(CC(=O)N2CCCC(CN3C(=O)C(CC(=O)O)OCc4ccccc43)C2)ccc1NC(=O)Nc1ccccc1C. The predicted octanol–water partition coefficient (Wildman–Crippen LogP) is 4.84. The lowest BCUT2D eigenvalue weighted by Gasteiger charge is -2.36. The van der Waals surface area contributed by atoms with Crippen molar-refractivity contribution in [1.29, 1.82) is 0 Å². The number of benzene rings is 3. The molecule has 0 saturated carbocycles. The zero-order chi connectivity index (χ0) is 31.9. The van der Waals surface area contributed by atoms with Gasteiger partial charge in [-0.25, -0.2) is 4.79 Å². The molecule has 2 atom stereocenters. The van der Waals surface area contributed by atoms with Gasteiger partial charge in [-0.1, -0.05) is 42.5 Å². The molecule has 45 heavy (non-hydrogen) atoms. The number of fused-ring (bicyclic) bond motifs is 1. The van der Waals surface area contributed by atoms with Crippen LogP contribution < -0.4 is 20.3 Å². The molecule has 11 heteroatoms. The third kappa shape index (κ3) is 7.79. The number of carboxylic acids is 1. The van der Waals surface area contributed by atoms with Gasteiger partial charge in [0.2, 0.25) is 5.91 Å². The highest BCUT2D eigenvalue weighted by Crippen LogP contribution is 2.31. The van der Waals surface area contributed by atoms with Gasteiger partial charge >= 0.3 is 12.0 Å². The minimum absolute atomic E-state index is 0.0103. The molecular formula is C34H38N4O7. The fourth-order valence-electron chi connectivity index (χ4n) is 5.87. The lowest BCUT2D eigenvalue weighted by molar-refractivity contribution is -0.145. The number of hydrogen-bond donors (Lipinski definition) is 3. The highest BCUT2D eigenvalue weighted by atomic mass is 16.5. The van der Waals surface area contributed by atoms with E-state index in [4.69, 9.17) is 9.47 Å². The lowest BCUT2D eigenvalue weighted by atomic mass is 9.96. The van der Waals surface area contributed by atoms with E-state index < -0.39 is 24.5 Å². The highest BCUT2D eigenvalue weighted by Gasteiger charge is 2.35. The summed E-state index contributed by atoms with van der Waals surface area (Å²) in [6.07, 6.45) is 0.292. The number of carbonyl (C=O) groups is 4. The number of nitrogens with one attached hydrogen (secondary N) is 2. The third-order valence-corrected chi connectivity index (χ3v) is 8.20. The number of para-hydroxylation sites is 2. The standard InChI is InChI=1S/C34H38N4O7/c1-22-8-3-5-11-26(22)35-34(43)36-27-14-13-23(16-29(27)44-2)17-31(39)37-15-7-9-24(19-37)20-38-28-12-6-4-10-25(28)21-45-30(33(38)42)18-32(40)41/h3-6,8,10-14,16,24,30H,7,9,15,17-21H2,1-2H3,(H,40,41)(H2,35,36,43). The summed E-state index contributed by atoms with van der Waals surface area (Å²) in [6.45, 7) is 3.51. The van der Waals surface area contributed by atoms with E-state index in [2.05, 4.69) is 10.6 Å². The zero-order valence-corrected chi connectivity index (χ0v) is 25.5. The normalized spacial score (nSPS) is 18.0. The van der Waals surface area contributed by atoms with Crippen LogP contribution in [-0.2, 0) is 32.1 Å². The Morgan fingerprint density at radius 3 is 2.56 bits per heavy atom. The maximum absolute atomic E-state index is 13.5. The van der Waals surface area contributed by atoms with Crippen LogP contribution in [0.4, 0.5) is 21.9 Å². The summed E-state index contributed by atoms with van der Waals surface area (Å²) in [7, 11) is 1.51. The van der Waals surface area contributed by atoms with Crippen molar-refractivity contribution < 1.29 is 33.8 Å². The predicted molar refractivity (Wildman–Crippen MR) is 169 cm³/mol. The third-order valence-electron chi connectivity index (χ3n) is 8.20. The fraction of sp³-hybridized carbons (Fsp3) is 0.353.